The van der Waals surface area contributed by atoms with E-state index in [9.17, 15) is 14.4 Å². The zero-order valence-corrected chi connectivity index (χ0v) is 15.3. The SMILES string of the molecule is CNC(=O)CCC(=O)c1cnc(C(=O)NCCCOC2CCCCC2)[nH]1. The van der Waals surface area contributed by atoms with Gasteiger partial charge in [0, 0.05) is 33.0 Å². The average molecular weight is 364 g/mol. The summed E-state index contributed by atoms with van der Waals surface area (Å²) in [6, 6.07) is 0. The fourth-order valence-corrected chi connectivity index (χ4v) is 2.90. The quantitative estimate of drug-likeness (QED) is 0.431. The first kappa shape index (κ1) is 20.1. The number of hydrogen-bond donors (Lipinski definition) is 3. The molecule has 8 heteroatoms. The molecule has 1 aromatic rings. The number of carbonyl (C=O) groups is 3. The molecule has 1 saturated carbocycles. The van der Waals surface area contributed by atoms with E-state index in [1.54, 1.807) is 0 Å². The Labute approximate surface area is 153 Å². The van der Waals surface area contributed by atoms with Crippen molar-refractivity contribution in [2.75, 3.05) is 20.2 Å². The van der Waals surface area contributed by atoms with Crippen molar-refractivity contribution in [1.82, 2.24) is 20.6 Å². The fraction of sp³-hybridized carbons (Fsp3) is 0.667. The highest BCUT2D eigenvalue weighted by Crippen LogP contribution is 2.20. The summed E-state index contributed by atoms with van der Waals surface area (Å²) in [5, 5.41) is 5.22. The van der Waals surface area contributed by atoms with Crippen LogP contribution in [-0.4, -0.2) is 53.9 Å². The lowest BCUT2D eigenvalue weighted by molar-refractivity contribution is -0.120. The van der Waals surface area contributed by atoms with Crippen molar-refractivity contribution in [2.45, 2.75) is 57.5 Å². The van der Waals surface area contributed by atoms with E-state index in [1.165, 1.54) is 32.5 Å². The van der Waals surface area contributed by atoms with Crippen LogP contribution in [0.1, 0.15) is 72.5 Å². The van der Waals surface area contributed by atoms with Crippen LogP contribution in [0.2, 0.25) is 0 Å². The fourth-order valence-electron chi connectivity index (χ4n) is 2.90. The molecule has 144 valence electrons. The third-order valence-electron chi connectivity index (χ3n) is 4.46. The first-order valence-electron chi connectivity index (χ1n) is 9.28. The molecule has 1 heterocycles. The summed E-state index contributed by atoms with van der Waals surface area (Å²) in [6.07, 6.45) is 8.66. The van der Waals surface area contributed by atoms with Crippen LogP contribution in [-0.2, 0) is 9.53 Å². The second kappa shape index (κ2) is 10.7. The van der Waals surface area contributed by atoms with E-state index >= 15 is 0 Å². The van der Waals surface area contributed by atoms with Crippen LogP contribution in [0.25, 0.3) is 0 Å². The van der Waals surface area contributed by atoms with Gasteiger partial charge >= 0.3 is 0 Å². The molecule has 2 amide bonds. The monoisotopic (exact) mass is 364 g/mol. The number of aromatic nitrogens is 2. The average Bonchev–Trinajstić information content (AvgIpc) is 3.16. The molecule has 0 unspecified atom stereocenters. The topological polar surface area (TPSA) is 113 Å². The Kier molecular flexibility index (Phi) is 8.27. The van der Waals surface area contributed by atoms with E-state index in [2.05, 4.69) is 20.6 Å². The van der Waals surface area contributed by atoms with Gasteiger partial charge in [-0.2, -0.15) is 0 Å². The molecule has 8 nitrogen and oxygen atoms in total. The zero-order chi connectivity index (χ0) is 18.8. The number of rotatable bonds is 10. The molecule has 0 atom stereocenters. The molecule has 0 aliphatic heterocycles. The summed E-state index contributed by atoms with van der Waals surface area (Å²) in [7, 11) is 1.52. The third-order valence-corrected chi connectivity index (χ3v) is 4.46. The molecule has 1 aliphatic carbocycles. The van der Waals surface area contributed by atoms with Gasteiger partial charge in [-0.25, -0.2) is 4.98 Å². The predicted octanol–water partition coefficient (Wildman–Crippen LogP) is 1.59. The molecule has 0 aromatic carbocycles. The number of H-pyrrole nitrogens is 1. The van der Waals surface area contributed by atoms with Crippen molar-refractivity contribution >= 4 is 17.6 Å². The van der Waals surface area contributed by atoms with Gasteiger partial charge in [-0.15, -0.1) is 0 Å². The van der Waals surface area contributed by atoms with Gasteiger partial charge in [0.1, 0.15) is 5.69 Å². The highest BCUT2D eigenvalue weighted by atomic mass is 16.5. The van der Waals surface area contributed by atoms with Gasteiger partial charge in [0.2, 0.25) is 5.91 Å². The Morgan fingerprint density at radius 1 is 1.23 bits per heavy atom. The molecule has 1 fully saturated rings. The normalized spacial score (nSPS) is 14.8. The lowest BCUT2D eigenvalue weighted by Gasteiger charge is -2.21. The van der Waals surface area contributed by atoms with E-state index in [-0.39, 0.29) is 42.0 Å². The molecule has 0 bridgehead atoms. The van der Waals surface area contributed by atoms with E-state index in [1.807, 2.05) is 0 Å². The second-order valence-corrected chi connectivity index (χ2v) is 6.48. The molecular formula is C18H28N4O4. The Balaban J connectivity index is 1.65. The molecule has 0 spiro atoms. The smallest absolute Gasteiger partial charge is 0.287 e. The van der Waals surface area contributed by atoms with Gasteiger partial charge in [-0.05, 0) is 19.3 Å². The number of hydrogen-bond acceptors (Lipinski definition) is 5. The molecule has 2 rings (SSSR count). The second-order valence-electron chi connectivity index (χ2n) is 6.48. The largest absolute Gasteiger partial charge is 0.378 e. The molecule has 1 aromatic heterocycles. The van der Waals surface area contributed by atoms with Crippen LogP contribution in [0.3, 0.4) is 0 Å². The number of carbonyl (C=O) groups excluding carboxylic acids is 3. The van der Waals surface area contributed by atoms with Crippen molar-refractivity contribution in [2.24, 2.45) is 0 Å². The van der Waals surface area contributed by atoms with Crippen LogP contribution in [0.15, 0.2) is 6.20 Å². The zero-order valence-electron chi connectivity index (χ0n) is 15.3. The van der Waals surface area contributed by atoms with Crippen LogP contribution < -0.4 is 10.6 Å². The van der Waals surface area contributed by atoms with E-state index in [0.717, 1.165) is 19.3 Å². The maximum absolute atomic E-state index is 12.0. The summed E-state index contributed by atoms with van der Waals surface area (Å²) in [4.78, 5) is 41.8. The van der Waals surface area contributed by atoms with Crippen molar-refractivity contribution in [3.05, 3.63) is 17.7 Å². The van der Waals surface area contributed by atoms with Crippen LogP contribution in [0.4, 0.5) is 0 Å². The number of nitrogens with one attached hydrogen (secondary N) is 3. The summed E-state index contributed by atoms with van der Waals surface area (Å²) >= 11 is 0. The lowest BCUT2D eigenvalue weighted by atomic mass is 9.98. The lowest BCUT2D eigenvalue weighted by Crippen LogP contribution is -2.27. The van der Waals surface area contributed by atoms with E-state index in [4.69, 9.17) is 4.74 Å². The van der Waals surface area contributed by atoms with Gasteiger partial charge in [-0.3, -0.25) is 14.4 Å². The minimum atomic E-state index is -0.354. The standard InChI is InChI=1S/C18H28N4O4/c1-19-16(24)9-8-15(23)14-12-21-17(22-14)18(25)20-10-5-11-26-13-6-3-2-4-7-13/h12-13H,2-11H2,1H3,(H,19,24)(H,20,25)(H,21,22). The van der Waals surface area contributed by atoms with E-state index < -0.39 is 0 Å². The Hall–Kier alpha value is -2.22. The number of ketones is 1. The van der Waals surface area contributed by atoms with Crippen molar-refractivity contribution in [3.8, 4) is 0 Å². The highest BCUT2D eigenvalue weighted by molar-refractivity contribution is 5.98. The van der Waals surface area contributed by atoms with Crippen LogP contribution >= 0.6 is 0 Å². The first-order chi connectivity index (χ1) is 12.6. The maximum atomic E-state index is 12.0. The number of imidazole rings is 1. The minimum Gasteiger partial charge on any atom is -0.378 e. The Morgan fingerprint density at radius 2 is 2.00 bits per heavy atom. The van der Waals surface area contributed by atoms with E-state index in [0.29, 0.717) is 19.3 Å². The Morgan fingerprint density at radius 3 is 2.73 bits per heavy atom. The summed E-state index contributed by atoms with van der Waals surface area (Å²) in [6.45, 7) is 1.12. The number of Topliss-reactive ketones (excluding diaryl/α,β-unsaturated/α-hetero) is 1. The summed E-state index contributed by atoms with van der Waals surface area (Å²) < 4.78 is 5.81. The number of aromatic amines is 1. The highest BCUT2D eigenvalue weighted by Gasteiger charge is 2.16. The maximum Gasteiger partial charge on any atom is 0.287 e. The molecular weight excluding hydrogens is 336 g/mol. The molecule has 26 heavy (non-hydrogen) atoms. The molecule has 3 N–H and O–H groups in total. The first-order valence-corrected chi connectivity index (χ1v) is 9.28. The van der Waals surface area contributed by atoms with Crippen LogP contribution in [0, 0.1) is 0 Å². The number of nitrogens with zero attached hydrogens (tertiary/aromatic N) is 1. The third kappa shape index (κ3) is 6.59. The van der Waals surface area contributed by atoms with Crippen molar-refractivity contribution in [1.29, 1.82) is 0 Å². The summed E-state index contributed by atoms with van der Waals surface area (Å²) in [5.41, 5.74) is 0.236. The number of ether oxygens (including phenoxy) is 1. The van der Waals surface area contributed by atoms with Gasteiger partial charge in [0.15, 0.2) is 11.6 Å². The van der Waals surface area contributed by atoms with Crippen molar-refractivity contribution < 1.29 is 19.1 Å². The predicted molar refractivity (Wildman–Crippen MR) is 96.0 cm³/mol. The van der Waals surface area contributed by atoms with Gasteiger partial charge in [0.25, 0.3) is 5.91 Å². The van der Waals surface area contributed by atoms with Crippen molar-refractivity contribution in [3.63, 3.8) is 0 Å². The van der Waals surface area contributed by atoms with Gasteiger partial charge < -0.3 is 20.4 Å². The summed E-state index contributed by atoms with van der Waals surface area (Å²) in [5.74, 6) is -0.707. The Bertz CT molecular complexity index is 608. The molecule has 0 radical (unpaired) electrons. The van der Waals surface area contributed by atoms with Crippen LogP contribution in [0.5, 0.6) is 0 Å². The minimum absolute atomic E-state index is 0.0709. The molecule has 0 saturated heterocycles. The molecule has 1 aliphatic rings. The van der Waals surface area contributed by atoms with Gasteiger partial charge in [0.05, 0.1) is 12.3 Å². The number of amides is 2. The van der Waals surface area contributed by atoms with Gasteiger partial charge in [-0.1, -0.05) is 19.3 Å².